The molecule has 0 radical (unpaired) electrons. The Hall–Kier alpha value is -3.65. The van der Waals surface area contributed by atoms with Crippen molar-refractivity contribution in [1.29, 1.82) is 0 Å². The lowest BCUT2D eigenvalue weighted by Crippen LogP contribution is -2.07. The third-order valence-electron chi connectivity index (χ3n) is 5.19. The minimum Gasteiger partial charge on any atom is -0.478 e. The Morgan fingerprint density at radius 3 is 1.72 bits per heavy atom. The van der Waals surface area contributed by atoms with Gasteiger partial charge in [-0.05, 0) is 46.4 Å². The smallest absolute Gasteiger partial charge is 0.335 e. The zero-order chi connectivity index (χ0) is 20.1. The van der Waals surface area contributed by atoms with Gasteiger partial charge in [0.1, 0.15) is 0 Å². The van der Waals surface area contributed by atoms with E-state index in [4.69, 9.17) is 0 Å². The molecular formula is C27H22O2. The molecule has 3 aromatic rings. The van der Waals surface area contributed by atoms with E-state index in [-0.39, 0.29) is 5.92 Å². The minimum atomic E-state index is -0.908. The first-order valence-electron chi connectivity index (χ1n) is 9.76. The van der Waals surface area contributed by atoms with E-state index in [0.717, 1.165) is 23.1 Å². The summed E-state index contributed by atoms with van der Waals surface area (Å²) in [5.41, 5.74) is 6.04. The summed E-state index contributed by atoms with van der Waals surface area (Å²) >= 11 is 0. The highest BCUT2D eigenvalue weighted by molar-refractivity contribution is 6.00. The van der Waals surface area contributed by atoms with Crippen molar-refractivity contribution >= 4 is 17.1 Å². The second-order valence-electron chi connectivity index (χ2n) is 7.06. The molecule has 1 N–H and O–H groups in total. The van der Waals surface area contributed by atoms with Gasteiger partial charge in [0.05, 0.1) is 5.56 Å². The highest BCUT2D eigenvalue weighted by Crippen LogP contribution is 2.39. The first kappa shape index (κ1) is 18.7. The SMILES string of the molecule is O=C(O)c1ccc(C(=C(c2ccccc2)c2ccccc2)C2C=CC=CC2)cc1. The maximum Gasteiger partial charge on any atom is 0.335 e. The molecule has 2 heteroatoms. The third kappa shape index (κ3) is 4.12. The molecule has 1 aliphatic carbocycles. The van der Waals surface area contributed by atoms with Crippen molar-refractivity contribution < 1.29 is 9.90 Å². The van der Waals surface area contributed by atoms with Crippen molar-refractivity contribution in [3.63, 3.8) is 0 Å². The molecule has 1 aliphatic rings. The van der Waals surface area contributed by atoms with E-state index in [2.05, 4.69) is 72.8 Å². The molecule has 0 saturated heterocycles. The molecule has 0 heterocycles. The predicted molar refractivity (Wildman–Crippen MR) is 119 cm³/mol. The lowest BCUT2D eigenvalue weighted by Gasteiger charge is -2.24. The molecule has 2 nitrogen and oxygen atoms in total. The molecule has 0 bridgehead atoms. The van der Waals surface area contributed by atoms with Crippen LogP contribution >= 0.6 is 0 Å². The van der Waals surface area contributed by atoms with Crippen molar-refractivity contribution in [3.05, 3.63) is 131 Å². The molecule has 0 amide bonds. The fraction of sp³-hybridized carbons (Fsp3) is 0.0741. The number of carboxylic acids is 1. The van der Waals surface area contributed by atoms with Crippen molar-refractivity contribution in [3.8, 4) is 0 Å². The van der Waals surface area contributed by atoms with Crippen molar-refractivity contribution in [1.82, 2.24) is 0 Å². The first-order valence-corrected chi connectivity index (χ1v) is 9.76. The largest absolute Gasteiger partial charge is 0.478 e. The maximum absolute atomic E-state index is 11.3. The number of benzene rings is 3. The molecule has 142 valence electrons. The van der Waals surface area contributed by atoms with Crippen molar-refractivity contribution in [2.24, 2.45) is 5.92 Å². The fourth-order valence-electron chi connectivity index (χ4n) is 3.82. The van der Waals surface area contributed by atoms with E-state index < -0.39 is 5.97 Å². The van der Waals surface area contributed by atoms with Gasteiger partial charge in [-0.25, -0.2) is 4.79 Å². The standard InChI is InChI=1S/C27H22O2/c28-27(29)24-18-16-23(17-19-24)26(22-14-8-3-9-15-22)25(20-10-4-1-5-11-20)21-12-6-2-7-13-21/h1-14,16-19,22H,15H2,(H,28,29). The zero-order valence-electron chi connectivity index (χ0n) is 16.0. The summed E-state index contributed by atoms with van der Waals surface area (Å²) in [6.07, 6.45) is 9.49. The molecule has 0 aliphatic heterocycles. The Kier molecular flexibility index (Phi) is 5.53. The van der Waals surface area contributed by atoms with Gasteiger partial charge < -0.3 is 5.11 Å². The average Bonchev–Trinajstić information content (AvgIpc) is 2.79. The molecule has 0 saturated carbocycles. The van der Waals surface area contributed by atoms with Crippen molar-refractivity contribution in [2.75, 3.05) is 0 Å². The van der Waals surface area contributed by atoms with E-state index in [9.17, 15) is 9.90 Å². The molecule has 0 aromatic heterocycles. The number of rotatable bonds is 5. The Balaban J connectivity index is 1.99. The van der Waals surface area contributed by atoms with Crippen LogP contribution in [-0.4, -0.2) is 11.1 Å². The summed E-state index contributed by atoms with van der Waals surface area (Å²) in [6.45, 7) is 0. The monoisotopic (exact) mass is 378 g/mol. The lowest BCUT2D eigenvalue weighted by molar-refractivity contribution is 0.0697. The van der Waals surface area contributed by atoms with Gasteiger partial charge in [-0.1, -0.05) is 97.1 Å². The molecule has 1 unspecified atom stereocenters. The van der Waals surface area contributed by atoms with Crippen LogP contribution in [0.1, 0.15) is 33.5 Å². The van der Waals surface area contributed by atoms with Crippen LogP contribution in [0.3, 0.4) is 0 Å². The quantitative estimate of drug-likeness (QED) is 0.516. The van der Waals surface area contributed by atoms with E-state index in [1.807, 2.05) is 24.3 Å². The van der Waals surface area contributed by atoms with Crippen LogP contribution in [0.5, 0.6) is 0 Å². The highest BCUT2D eigenvalue weighted by Gasteiger charge is 2.21. The van der Waals surface area contributed by atoms with Gasteiger partial charge in [0.2, 0.25) is 0 Å². The van der Waals surface area contributed by atoms with Crippen LogP contribution in [-0.2, 0) is 0 Å². The van der Waals surface area contributed by atoms with Gasteiger partial charge >= 0.3 is 5.97 Å². The predicted octanol–water partition coefficient (Wildman–Crippen LogP) is 6.48. The number of aromatic carboxylic acids is 1. The van der Waals surface area contributed by atoms with E-state index in [0.29, 0.717) is 5.56 Å². The number of carbonyl (C=O) groups is 1. The van der Waals surface area contributed by atoms with Crippen LogP contribution < -0.4 is 0 Å². The Morgan fingerprint density at radius 1 is 0.690 bits per heavy atom. The summed E-state index contributed by atoms with van der Waals surface area (Å²) in [6, 6.07) is 28.0. The van der Waals surface area contributed by atoms with Gasteiger partial charge in [0.25, 0.3) is 0 Å². The van der Waals surface area contributed by atoms with Gasteiger partial charge in [0.15, 0.2) is 0 Å². The summed E-state index contributed by atoms with van der Waals surface area (Å²) in [5, 5.41) is 9.30. The third-order valence-corrected chi connectivity index (χ3v) is 5.19. The summed E-state index contributed by atoms with van der Waals surface area (Å²) in [4.78, 5) is 11.3. The van der Waals surface area contributed by atoms with Gasteiger partial charge in [-0.2, -0.15) is 0 Å². The number of hydrogen-bond acceptors (Lipinski definition) is 1. The molecule has 0 spiro atoms. The molecular weight excluding hydrogens is 356 g/mol. The van der Waals surface area contributed by atoms with Gasteiger partial charge in [0, 0.05) is 5.92 Å². The zero-order valence-corrected chi connectivity index (χ0v) is 16.0. The second kappa shape index (κ2) is 8.57. The minimum absolute atomic E-state index is 0.214. The van der Waals surface area contributed by atoms with Gasteiger partial charge in [-0.15, -0.1) is 0 Å². The number of allylic oxidation sites excluding steroid dienone is 5. The fourth-order valence-corrected chi connectivity index (χ4v) is 3.82. The number of hydrogen-bond donors (Lipinski definition) is 1. The lowest BCUT2D eigenvalue weighted by atomic mass is 9.80. The van der Waals surface area contributed by atoms with E-state index in [1.54, 1.807) is 12.1 Å². The van der Waals surface area contributed by atoms with Crippen LogP contribution in [0, 0.1) is 5.92 Å². The Labute approximate surface area is 171 Å². The molecule has 29 heavy (non-hydrogen) atoms. The average molecular weight is 378 g/mol. The van der Waals surface area contributed by atoms with Gasteiger partial charge in [-0.3, -0.25) is 0 Å². The van der Waals surface area contributed by atoms with Crippen LogP contribution in [0.2, 0.25) is 0 Å². The highest BCUT2D eigenvalue weighted by atomic mass is 16.4. The van der Waals surface area contributed by atoms with E-state index in [1.165, 1.54) is 11.1 Å². The Morgan fingerprint density at radius 2 is 1.24 bits per heavy atom. The Bertz CT molecular complexity index is 1030. The molecule has 1 atom stereocenters. The topological polar surface area (TPSA) is 37.3 Å². The van der Waals surface area contributed by atoms with E-state index >= 15 is 0 Å². The van der Waals surface area contributed by atoms with Crippen LogP contribution in [0.25, 0.3) is 11.1 Å². The second-order valence-corrected chi connectivity index (χ2v) is 7.06. The van der Waals surface area contributed by atoms with Crippen molar-refractivity contribution in [2.45, 2.75) is 6.42 Å². The maximum atomic E-state index is 11.3. The summed E-state index contributed by atoms with van der Waals surface area (Å²) < 4.78 is 0. The van der Waals surface area contributed by atoms with Crippen LogP contribution in [0.4, 0.5) is 0 Å². The first-order chi connectivity index (χ1) is 14.2. The summed E-state index contributed by atoms with van der Waals surface area (Å²) in [5.74, 6) is -0.694. The molecule has 3 aromatic carbocycles. The number of carboxylic acid groups (broad SMARTS) is 1. The normalized spacial score (nSPS) is 15.1. The summed E-state index contributed by atoms with van der Waals surface area (Å²) in [7, 11) is 0. The molecule has 4 rings (SSSR count). The van der Waals surface area contributed by atoms with Crippen LogP contribution in [0.15, 0.2) is 109 Å². The molecule has 0 fully saturated rings.